The number of fused-ring (bicyclic) bond motifs is 3. The molecule has 5 nitrogen and oxygen atoms in total. The first-order valence-corrected chi connectivity index (χ1v) is 12.8. The van der Waals surface area contributed by atoms with Crippen molar-refractivity contribution in [3.8, 4) is 22.6 Å². The molecule has 0 unspecified atom stereocenters. The first-order chi connectivity index (χ1) is 18.7. The van der Waals surface area contributed by atoms with E-state index in [4.69, 9.17) is 18.9 Å². The van der Waals surface area contributed by atoms with Crippen LogP contribution in [0.2, 0.25) is 0 Å². The van der Waals surface area contributed by atoms with E-state index in [1.54, 1.807) is 0 Å². The minimum absolute atomic E-state index is 0.119. The van der Waals surface area contributed by atoms with Gasteiger partial charge in [-0.25, -0.2) is 4.79 Å². The predicted molar refractivity (Wildman–Crippen MR) is 148 cm³/mol. The second-order valence-corrected chi connectivity index (χ2v) is 8.97. The van der Waals surface area contributed by atoms with Crippen LogP contribution in [0.1, 0.15) is 35.6 Å². The number of hydrogen-bond acceptors (Lipinski definition) is 5. The molecule has 0 spiro atoms. The van der Waals surface area contributed by atoms with Crippen molar-refractivity contribution in [1.29, 1.82) is 0 Å². The van der Waals surface area contributed by atoms with Gasteiger partial charge >= 0.3 is 6.16 Å². The number of ether oxygens (including phenoxy) is 4. The Hall–Kier alpha value is -4.51. The summed E-state index contributed by atoms with van der Waals surface area (Å²) in [7, 11) is 0. The fourth-order valence-electron chi connectivity index (χ4n) is 5.22. The van der Waals surface area contributed by atoms with E-state index in [0.717, 1.165) is 23.3 Å². The van der Waals surface area contributed by atoms with Crippen LogP contribution in [0, 0.1) is 0 Å². The molecule has 0 amide bonds. The van der Waals surface area contributed by atoms with Crippen LogP contribution in [0.4, 0.5) is 4.79 Å². The zero-order valence-corrected chi connectivity index (χ0v) is 21.4. The van der Waals surface area contributed by atoms with Crippen molar-refractivity contribution < 1.29 is 23.7 Å². The molecule has 0 saturated carbocycles. The molecule has 0 bridgehead atoms. The largest absolute Gasteiger partial charge is 0.508 e. The summed E-state index contributed by atoms with van der Waals surface area (Å²) in [5.74, 6) is 1.44. The van der Waals surface area contributed by atoms with Gasteiger partial charge in [0.2, 0.25) is 0 Å². The monoisotopic (exact) mass is 506 g/mol. The quantitative estimate of drug-likeness (QED) is 0.111. The van der Waals surface area contributed by atoms with Crippen molar-refractivity contribution in [2.45, 2.75) is 18.8 Å². The van der Waals surface area contributed by atoms with Crippen molar-refractivity contribution in [3.63, 3.8) is 0 Å². The van der Waals surface area contributed by atoms with E-state index in [2.05, 4.69) is 79.4 Å². The van der Waals surface area contributed by atoms with E-state index >= 15 is 0 Å². The molecule has 4 aromatic carbocycles. The second-order valence-electron chi connectivity index (χ2n) is 8.97. The number of rotatable bonds is 10. The highest BCUT2D eigenvalue weighted by atomic mass is 16.7. The summed E-state index contributed by atoms with van der Waals surface area (Å²) >= 11 is 0. The standard InChI is InChI=1S/C33H30O5/c1-3-21-37-32(34)38-23-22-36-27-19-15-25(16-20-27)33(24-13-17-26(18-14-24)35-4-2)30-11-7-5-9-28(30)29-10-6-8-12-31(29)33/h4-20H,2-3,21-23H2,1H3. The van der Waals surface area contributed by atoms with Crippen LogP contribution < -0.4 is 9.47 Å². The van der Waals surface area contributed by atoms with Crippen LogP contribution in [0.15, 0.2) is 110 Å². The molecule has 1 aliphatic carbocycles. The fourth-order valence-corrected chi connectivity index (χ4v) is 5.22. The van der Waals surface area contributed by atoms with Crippen LogP contribution in [0.25, 0.3) is 11.1 Å². The van der Waals surface area contributed by atoms with Crippen molar-refractivity contribution >= 4 is 6.16 Å². The van der Waals surface area contributed by atoms with Gasteiger partial charge < -0.3 is 18.9 Å². The first kappa shape index (κ1) is 25.2. The summed E-state index contributed by atoms with van der Waals surface area (Å²) in [5, 5.41) is 0. The minimum atomic E-state index is -0.671. The van der Waals surface area contributed by atoms with E-state index in [0.29, 0.717) is 12.4 Å². The molecule has 38 heavy (non-hydrogen) atoms. The molecule has 0 radical (unpaired) electrons. The molecule has 0 aliphatic heterocycles. The third-order valence-corrected chi connectivity index (χ3v) is 6.74. The molecule has 0 N–H and O–H groups in total. The summed E-state index contributed by atoms with van der Waals surface area (Å²) in [5.41, 5.74) is 6.66. The van der Waals surface area contributed by atoms with Crippen LogP contribution in [0.5, 0.6) is 11.5 Å². The molecule has 192 valence electrons. The number of carbonyl (C=O) groups excluding carboxylic acids is 1. The molecule has 0 heterocycles. The smallest absolute Gasteiger partial charge is 0.490 e. The number of hydrogen-bond donors (Lipinski definition) is 0. The average molecular weight is 507 g/mol. The van der Waals surface area contributed by atoms with Crippen LogP contribution in [-0.4, -0.2) is 26.0 Å². The number of carbonyl (C=O) groups is 1. The van der Waals surface area contributed by atoms with Gasteiger partial charge in [0.1, 0.15) is 24.7 Å². The fraction of sp³-hybridized carbons (Fsp3) is 0.182. The molecule has 5 rings (SSSR count). The van der Waals surface area contributed by atoms with E-state index in [1.165, 1.54) is 28.5 Å². The summed E-state index contributed by atoms with van der Waals surface area (Å²) in [6.45, 7) is 6.30. The minimum Gasteiger partial charge on any atom is -0.490 e. The maximum Gasteiger partial charge on any atom is 0.508 e. The lowest BCUT2D eigenvalue weighted by Crippen LogP contribution is -2.28. The average Bonchev–Trinajstić information content (AvgIpc) is 3.26. The Morgan fingerprint density at radius 3 is 1.79 bits per heavy atom. The summed E-state index contributed by atoms with van der Waals surface area (Å²) in [6, 6.07) is 33.5. The van der Waals surface area contributed by atoms with E-state index in [1.807, 2.05) is 31.2 Å². The Balaban J connectivity index is 1.49. The number of benzene rings is 4. The van der Waals surface area contributed by atoms with Gasteiger partial charge in [0.05, 0.1) is 18.3 Å². The second kappa shape index (κ2) is 11.3. The molecule has 4 aromatic rings. The molecule has 0 saturated heterocycles. The third-order valence-electron chi connectivity index (χ3n) is 6.74. The van der Waals surface area contributed by atoms with E-state index < -0.39 is 11.6 Å². The molecule has 0 aromatic heterocycles. The van der Waals surface area contributed by atoms with Crippen molar-refractivity contribution in [2.75, 3.05) is 19.8 Å². The summed E-state index contributed by atoms with van der Waals surface area (Å²) < 4.78 is 21.3. The lowest BCUT2D eigenvalue weighted by atomic mass is 9.68. The molecular formula is C33H30O5. The highest BCUT2D eigenvalue weighted by molar-refractivity contribution is 5.86. The van der Waals surface area contributed by atoms with Crippen LogP contribution >= 0.6 is 0 Å². The Morgan fingerprint density at radius 1 is 0.711 bits per heavy atom. The zero-order valence-electron chi connectivity index (χ0n) is 21.4. The van der Waals surface area contributed by atoms with Gasteiger partial charge in [0, 0.05) is 0 Å². The molecule has 0 fully saturated rings. The highest BCUT2D eigenvalue weighted by Crippen LogP contribution is 2.56. The van der Waals surface area contributed by atoms with Gasteiger partial charge in [-0.15, -0.1) is 0 Å². The van der Waals surface area contributed by atoms with Gasteiger partial charge in [-0.1, -0.05) is 86.3 Å². The highest BCUT2D eigenvalue weighted by Gasteiger charge is 2.45. The summed E-state index contributed by atoms with van der Waals surface area (Å²) in [4.78, 5) is 11.5. The van der Waals surface area contributed by atoms with Gasteiger partial charge in [0.25, 0.3) is 0 Å². The Kier molecular flexibility index (Phi) is 7.45. The van der Waals surface area contributed by atoms with Crippen molar-refractivity contribution in [3.05, 3.63) is 132 Å². The topological polar surface area (TPSA) is 54.0 Å². The Morgan fingerprint density at radius 2 is 1.24 bits per heavy atom. The van der Waals surface area contributed by atoms with Crippen LogP contribution in [-0.2, 0) is 14.9 Å². The van der Waals surface area contributed by atoms with Crippen molar-refractivity contribution in [2.24, 2.45) is 0 Å². The molecule has 5 heteroatoms. The first-order valence-electron chi connectivity index (χ1n) is 12.8. The zero-order chi connectivity index (χ0) is 26.4. The Bertz CT molecular complexity index is 1360. The van der Waals surface area contributed by atoms with Gasteiger partial charge in [-0.2, -0.15) is 0 Å². The maximum absolute atomic E-state index is 11.5. The predicted octanol–water partition coefficient (Wildman–Crippen LogP) is 7.51. The van der Waals surface area contributed by atoms with Gasteiger partial charge in [0.15, 0.2) is 0 Å². The van der Waals surface area contributed by atoms with E-state index in [-0.39, 0.29) is 13.2 Å². The molecular weight excluding hydrogens is 476 g/mol. The van der Waals surface area contributed by atoms with Gasteiger partial charge in [-0.3, -0.25) is 0 Å². The van der Waals surface area contributed by atoms with Gasteiger partial charge in [-0.05, 0) is 64.1 Å². The lowest BCUT2D eigenvalue weighted by Gasteiger charge is -2.34. The molecule has 1 aliphatic rings. The maximum atomic E-state index is 11.5. The third kappa shape index (κ3) is 4.63. The Labute approximate surface area is 223 Å². The summed E-state index contributed by atoms with van der Waals surface area (Å²) in [6.07, 6.45) is 1.51. The van der Waals surface area contributed by atoms with Crippen molar-refractivity contribution in [1.82, 2.24) is 0 Å². The molecule has 0 atom stereocenters. The SMILES string of the molecule is C=COc1ccc(C2(c3ccc(OCCOC(=O)OCCC)cc3)c3ccccc3-c3ccccc32)cc1. The normalized spacial score (nSPS) is 12.7. The lowest BCUT2D eigenvalue weighted by molar-refractivity contribution is 0.0462. The van der Waals surface area contributed by atoms with E-state index in [9.17, 15) is 4.79 Å². The van der Waals surface area contributed by atoms with Crippen LogP contribution in [0.3, 0.4) is 0 Å².